The molecule has 23 heavy (non-hydrogen) atoms. The fourth-order valence-electron chi connectivity index (χ4n) is 2.43. The zero-order chi connectivity index (χ0) is 16.4. The van der Waals surface area contributed by atoms with Crippen molar-refractivity contribution in [2.24, 2.45) is 0 Å². The van der Waals surface area contributed by atoms with Gasteiger partial charge in [-0.15, -0.1) is 0 Å². The number of halogens is 2. The minimum absolute atomic E-state index is 0.0492. The van der Waals surface area contributed by atoms with Gasteiger partial charge < -0.3 is 5.32 Å². The van der Waals surface area contributed by atoms with Gasteiger partial charge in [-0.3, -0.25) is 9.78 Å². The van der Waals surface area contributed by atoms with Crippen molar-refractivity contribution in [2.45, 2.75) is 25.6 Å². The average Bonchev–Trinajstić information content (AvgIpc) is 2.96. The Morgan fingerprint density at radius 2 is 1.96 bits per heavy atom. The molecule has 1 aromatic carbocycles. The smallest absolute Gasteiger partial charge is 0.272 e. The third-order valence-corrected chi connectivity index (χ3v) is 3.57. The average molecular weight is 319 g/mol. The first kappa shape index (κ1) is 15.4. The molecule has 1 fully saturated rings. The molecule has 0 bridgehead atoms. The van der Waals surface area contributed by atoms with E-state index in [0.29, 0.717) is 12.1 Å². The summed E-state index contributed by atoms with van der Waals surface area (Å²) in [5, 5.41) is 2.69. The summed E-state index contributed by atoms with van der Waals surface area (Å²) in [6, 6.07) is 3.14. The number of hydrazine groups is 1. The minimum Gasteiger partial charge on any atom is -0.334 e. The molecule has 1 aliphatic heterocycles. The molecule has 2 unspecified atom stereocenters. The molecule has 1 aromatic heterocycles. The van der Waals surface area contributed by atoms with Gasteiger partial charge in [0, 0.05) is 18.2 Å². The molecule has 1 amide bonds. The summed E-state index contributed by atoms with van der Waals surface area (Å²) in [7, 11) is 0. The number of benzene rings is 1. The van der Waals surface area contributed by atoms with Crippen molar-refractivity contribution in [1.82, 2.24) is 26.1 Å². The lowest BCUT2D eigenvalue weighted by atomic mass is 10.0. The second kappa shape index (κ2) is 6.35. The van der Waals surface area contributed by atoms with Gasteiger partial charge in [0.05, 0.1) is 24.1 Å². The van der Waals surface area contributed by atoms with Crippen LogP contribution in [0.25, 0.3) is 0 Å². The van der Waals surface area contributed by atoms with Gasteiger partial charge in [0.25, 0.3) is 5.91 Å². The lowest BCUT2D eigenvalue weighted by Gasteiger charge is -2.12. The van der Waals surface area contributed by atoms with E-state index < -0.39 is 29.7 Å². The Kier molecular flexibility index (Phi) is 4.26. The normalized spacial score (nSPS) is 20.5. The van der Waals surface area contributed by atoms with Gasteiger partial charge in [-0.2, -0.15) is 0 Å². The number of aromatic nitrogens is 2. The molecule has 1 saturated heterocycles. The highest BCUT2D eigenvalue weighted by Crippen LogP contribution is 2.26. The third-order valence-electron chi connectivity index (χ3n) is 3.57. The lowest BCUT2D eigenvalue weighted by Crippen LogP contribution is -2.44. The highest BCUT2D eigenvalue weighted by atomic mass is 19.1. The highest BCUT2D eigenvalue weighted by Gasteiger charge is 2.30. The van der Waals surface area contributed by atoms with Crippen molar-refractivity contribution in [3.05, 3.63) is 59.2 Å². The Labute approximate surface area is 131 Å². The number of aryl methyl sites for hydroxylation is 1. The van der Waals surface area contributed by atoms with Crippen LogP contribution in [0.1, 0.15) is 34.2 Å². The van der Waals surface area contributed by atoms with Gasteiger partial charge in [0.1, 0.15) is 17.3 Å². The number of nitrogens with zero attached hydrogens (tertiary/aromatic N) is 2. The second-order valence-electron chi connectivity index (χ2n) is 5.28. The van der Waals surface area contributed by atoms with Crippen LogP contribution in [0.3, 0.4) is 0 Å². The highest BCUT2D eigenvalue weighted by molar-refractivity contribution is 5.92. The fourth-order valence-corrected chi connectivity index (χ4v) is 2.43. The summed E-state index contributed by atoms with van der Waals surface area (Å²) in [6.07, 6.45) is 2.69. The van der Waals surface area contributed by atoms with E-state index in [0.717, 1.165) is 0 Å². The van der Waals surface area contributed by atoms with E-state index in [1.807, 2.05) is 0 Å². The van der Waals surface area contributed by atoms with E-state index in [9.17, 15) is 13.6 Å². The van der Waals surface area contributed by atoms with Crippen LogP contribution >= 0.6 is 0 Å². The standard InChI is InChI=1S/C15H15F2N5O/c1-8-6-19-12(7-18-8)15(23)20-13-5-11(21-22-13)14-9(16)3-2-4-10(14)17/h2-4,6-7,11,13,21-22H,5H2,1H3,(H,20,23). The van der Waals surface area contributed by atoms with E-state index in [2.05, 4.69) is 26.1 Å². The van der Waals surface area contributed by atoms with Gasteiger partial charge in [0.2, 0.25) is 0 Å². The van der Waals surface area contributed by atoms with Crippen molar-refractivity contribution in [3.8, 4) is 0 Å². The van der Waals surface area contributed by atoms with Crippen LogP contribution in [0.2, 0.25) is 0 Å². The number of hydrogen-bond acceptors (Lipinski definition) is 5. The van der Waals surface area contributed by atoms with Crippen molar-refractivity contribution in [2.75, 3.05) is 0 Å². The predicted octanol–water partition coefficient (Wildman–Crippen LogP) is 1.36. The first-order chi connectivity index (χ1) is 11.0. The van der Waals surface area contributed by atoms with Gasteiger partial charge in [-0.25, -0.2) is 24.6 Å². The Morgan fingerprint density at radius 3 is 2.61 bits per heavy atom. The first-order valence-corrected chi connectivity index (χ1v) is 7.09. The molecule has 6 nitrogen and oxygen atoms in total. The summed E-state index contributed by atoms with van der Waals surface area (Å²) < 4.78 is 27.6. The molecule has 120 valence electrons. The van der Waals surface area contributed by atoms with Gasteiger partial charge in [-0.1, -0.05) is 6.07 Å². The number of carbonyl (C=O) groups excluding carboxylic acids is 1. The number of hydrogen-bond donors (Lipinski definition) is 3. The maximum absolute atomic E-state index is 13.8. The second-order valence-corrected chi connectivity index (χ2v) is 5.28. The van der Waals surface area contributed by atoms with Crippen molar-refractivity contribution < 1.29 is 13.6 Å². The van der Waals surface area contributed by atoms with Crippen LogP contribution < -0.4 is 16.2 Å². The summed E-state index contributed by atoms with van der Waals surface area (Å²) in [4.78, 5) is 20.0. The number of amides is 1. The molecule has 0 radical (unpaired) electrons. The molecule has 0 aliphatic carbocycles. The third kappa shape index (κ3) is 3.33. The van der Waals surface area contributed by atoms with Crippen LogP contribution in [0.4, 0.5) is 8.78 Å². The summed E-state index contributed by atoms with van der Waals surface area (Å²) in [6.45, 7) is 1.77. The Bertz CT molecular complexity index is 702. The summed E-state index contributed by atoms with van der Waals surface area (Å²) in [5.74, 6) is -1.66. The Morgan fingerprint density at radius 1 is 1.22 bits per heavy atom. The van der Waals surface area contributed by atoms with Crippen LogP contribution in [-0.4, -0.2) is 22.0 Å². The minimum atomic E-state index is -0.624. The maximum atomic E-state index is 13.8. The van der Waals surface area contributed by atoms with Gasteiger partial charge in [0.15, 0.2) is 0 Å². The summed E-state index contributed by atoms with van der Waals surface area (Å²) in [5.41, 5.74) is 6.43. The Hall–Kier alpha value is -2.45. The molecule has 3 rings (SSSR count). The van der Waals surface area contributed by atoms with Crippen LogP contribution in [0.15, 0.2) is 30.6 Å². The number of nitrogens with one attached hydrogen (secondary N) is 3. The van der Waals surface area contributed by atoms with Crippen molar-refractivity contribution >= 4 is 5.91 Å². The van der Waals surface area contributed by atoms with Crippen LogP contribution in [-0.2, 0) is 0 Å². The molecule has 1 aliphatic rings. The molecule has 2 atom stereocenters. The summed E-state index contributed by atoms with van der Waals surface area (Å²) >= 11 is 0. The zero-order valence-corrected chi connectivity index (χ0v) is 12.3. The maximum Gasteiger partial charge on any atom is 0.272 e. The zero-order valence-electron chi connectivity index (χ0n) is 12.3. The molecular weight excluding hydrogens is 304 g/mol. The quantitative estimate of drug-likeness (QED) is 0.796. The van der Waals surface area contributed by atoms with Gasteiger partial charge >= 0.3 is 0 Å². The van der Waals surface area contributed by atoms with Crippen molar-refractivity contribution in [1.29, 1.82) is 0 Å². The van der Waals surface area contributed by atoms with E-state index in [1.54, 1.807) is 6.92 Å². The molecule has 8 heteroatoms. The predicted molar refractivity (Wildman–Crippen MR) is 78.0 cm³/mol. The molecule has 0 saturated carbocycles. The molecule has 0 spiro atoms. The van der Waals surface area contributed by atoms with Crippen molar-refractivity contribution in [3.63, 3.8) is 0 Å². The fraction of sp³-hybridized carbons (Fsp3) is 0.267. The molecular formula is C15H15F2N5O. The topological polar surface area (TPSA) is 78.9 Å². The van der Waals surface area contributed by atoms with E-state index in [4.69, 9.17) is 0 Å². The van der Waals surface area contributed by atoms with Crippen LogP contribution in [0.5, 0.6) is 0 Å². The molecule has 2 heterocycles. The lowest BCUT2D eigenvalue weighted by molar-refractivity contribution is 0.0927. The monoisotopic (exact) mass is 319 g/mol. The van der Waals surface area contributed by atoms with Crippen LogP contribution in [0, 0.1) is 18.6 Å². The van der Waals surface area contributed by atoms with E-state index in [-0.39, 0.29) is 11.3 Å². The first-order valence-electron chi connectivity index (χ1n) is 7.09. The Balaban J connectivity index is 1.66. The van der Waals surface area contributed by atoms with Gasteiger partial charge in [-0.05, 0) is 19.1 Å². The molecule has 2 aromatic rings. The molecule has 3 N–H and O–H groups in total. The van der Waals surface area contributed by atoms with E-state index in [1.165, 1.54) is 30.6 Å². The number of rotatable bonds is 3. The largest absolute Gasteiger partial charge is 0.334 e. The SMILES string of the molecule is Cc1cnc(C(=O)NC2CC(c3c(F)cccc3F)NN2)cn1. The number of carbonyl (C=O) groups is 1. The van der Waals surface area contributed by atoms with E-state index >= 15 is 0 Å².